The molecular formula is C25H30ClN5O2S. The van der Waals surface area contributed by atoms with Gasteiger partial charge in [0, 0.05) is 49.7 Å². The van der Waals surface area contributed by atoms with Crippen LogP contribution in [0, 0.1) is 0 Å². The molecule has 0 bridgehead atoms. The summed E-state index contributed by atoms with van der Waals surface area (Å²) in [4.78, 5) is 14.9. The summed E-state index contributed by atoms with van der Waals surface area (Å²) in [6.07, 6.45) is 3.65. The molecule has 2 fully saturated rings. The Morgan fingerprint density at radius 3 is 2.24 bits per heavy atom. The standard InChI is InChI=1S/C25H30ClN5O2S/c1-19(29-15-17-31(18-16-29)34(32,33)21-11-9-20(26)10-12-21)24-27-23-8-4-3-7-22(23)25(28-24)30-13-5-2-6-14-30/h3-4,7-12,19H,2,5-6,13-18H2,1H3/t19-/m1/s1. The number of nitrogens with zero attached hydrogens (tertiary/aromatic N) is 5. The molecular weight excluding hydrogens is 470 g/mol. The maximum Gasteiger partial charge on any atom is 0.243 e. The molecule has 0 amide bonds. The van der Waals surface area contributed by atoms with Crippen molar-refractivity contribution in [3.8, 4) is 0 Å². The first-order valence-corrected chi connectivity index (χ1v) is 13.8. The SMILES string of the molecule is C[C@H](c1nc(N2CCCCC2)c2ccccc2n1)N1CCN(S(=O)(=O)c2ccc(Cl)cc2)CC1. The van der Waals surface area contributed by atoms with Crippen LogP contribution in [0.2, 0.25) is 5.02 Å². The second kappa shape index (κ2) is 9.77. The van der Waals surface area contributed by atoms with E-state index in [1.165, 1.54) is 19.3 Å². The van der Waals surface area contributed by atoms with Gasteiger partial charge in [-0.1, -0.05) is 23.7 Å². The number of hydrogen-bond donors (Lipinski definition) is 0. The third-order valence-electron chi connectivity index (χ3n) is 6.90. The van der Waals surface area contributed by atoms with E-state index < -0.39 is 10.0 Å². The highest BCUT2D eigenvalue weighted by atomic mass is 35.5. The minimum Gasteiger partial charge on any atom is -0.356 e. The lowest BCUT2D eigenvalue weighted by Gasteiger charge is -2.37. The lowest BCUT2D eigenvalue weighted by molar-refractivity contribution is 0.141. The summed E-state index contributed by atoms with van der Waals surface area (Å²) in [5, 5.41) is 1.62. The molecule has 0 saturated carbocycles. The van der Waals surface area contributed by atoms with Crippen molar-refractivity contribution in [3.05, 3.63) is 59.4 Å². The Bertz CT molecular complexity index is 1250. The van der Waals surface area contributed by atoms with Gasteiger partial charge in [-0.15, -0.1) is 0 Å². The minimum atomic E-state index is -3.53. The highest BCUT2D eigenvalue weighted by Gasteiger charge is 2.31. The maximum absolute atomic E-state index is 13.0. The number of rotatable bonds is 5. The van der Waals surface area contributed by atoms with Crippen LogP contribution in [0.15, 0.2) is 53.4 Å². The van der Waals surface area contributed by atoms with Crippen molar-refractivity contribution in [1.82, 2.24) is 19.2 Å². The summed E-state index contributed by atoms with van der Waals surface area (Å²) in [5.74, 6) is 1.82. The van der Waals surface area contributed by atoms with E-state index in [1.54, 1.807) is 28.6 Å². The van der Waals surface area contributed by atoms with Gasteiger partial charge < -0.3 is 4.90 Å². The molecule has 3 aromatic rings. The predicted octanol–water partition coefficient (Wildman–Crippen LogP) is 4.34. The van der Waals surface area contributed by atoms with Crippen molar-refractivity contribution >= 4 is 38.3 Å². The topological polar surface area (TPSA) is 69.6 Å². The minimum absolute atomic E-state index is 0.00599. The predicted molar refractivity (Wildman–Crippen MR) is 136 cm³/mol. The number of para-hydroxylation sites is 1. The third kappa shape index (κ3) is 4.64. The fourth-order valence-corrected chi connectivity index (χ4v) is 6.41. The van der Waals surface area contributed by atoms with Gasteiger partial charge in [0.15, 0.2) is 0 Å². The van der Waals surface area contributed by atoms with E-state index >= 15 is 0 Å². The van der Waals surface area contributed by atoms with E-state index in [1.807, 2.05) is 12.1 Å². The molecule has 34 heavy (non-hydrogen) atoms. The number of piperidine rings is 1. The molecule has 3 heterocycles. The summed E-state index contributed by atoms with van der Waals surface area (Å²) in [5.41, 5.74) is 0.962. The van der Waals surface area contributed by atoms with Crippen molar-refractivity contribution in [1.29, 1.82) is 0 Å². The van der Waals surface area contributed by atoms with Gasteiger partial charge in [0.2, 0.25) is 10.0 Å². The molecule has 0 aliphatic carbocycles. The van der Waals surface area contributed by atoms with Crippen LogP contribution in [0.25, 0.3) is 10.9 Å². The number of benzene rings is 2. The number of fused-ring (bicyclic) bond motifs is 1. The first-order valence-electron chi connectivity index (χ1n) is 11.9. The highest BCUT2D eigenvalue weighted by Crippen LogP contribution is 2.30. The molecule has 0 N–H and O–H groups in total. The Morgan fingerprint density at radius 2 is 1.53 bits per heavy atom. The second-order valence-electron chi connectivity index (χ2n) is 9.04. The zero-order valence-electron chi connectivity index (χ0n) is 19.4. The van der Waals surface area contributed by atoms with Crippen molar-refractivity contribution in [2.24, 2.45) is 0 Å². The quantitative estimate of drug-likeness (QED) is 0.520. The molecule has 0 spiro atoms. The number of aromatic nitrogens is 2. The molecule has 7 nitrogen and oxygen atoms in total. The van der Waals surface area contributed by atoms with Gasteiger partial charge in [-0.2, -0.15) is 4.31 Å². The van der Waals surface area contributed by atoms with E-state index in [0.29, 0.717) is 31.2 Å². The van der Waals surface area contributed by atoms with E-state index in [-0.39, 0.29) is 10.9 Å². The number of piperazine rings is 1. The van der Waals surface area contributed by atoms with E-state index in [4.69, 9.17) is 21.6 Å². The van der Waals surface area contributed by atoms with Crippen LogP contribution in [0.3, 0.4) is 0 Å². The van der Waals surface area contributed by atoms with Crippen LogP contribution < -0.4 is 4.90 Å². The molecule has 0 unspecified atom stereocenters. The summed E-state index contributed by atoms with van der Waals surface area (Å²) in [6.45, 7) is 6.29. The van der Waals surface area contributed by atoms with Crippen molar-refractivity contribution in [3.63, 3.8) is 0 Å². The molecule has 0 radical (unpaired) electrons. The normalized spacial score (nSPS) is 19.4. The molecule has 2 aliphatic rings. The van der Waals surface area contributed by atoms with Gasteiger partial charge in [0.1, 0.15) is 11.6 Å². The van der Waals surface area contributed by atoms with Gasteiger partial charge in [-0.05, 0) is 62.6 Å². The molecule has 9 heteroatoms. The van der Waals surface area contributed by atoms with E-state index in [2.05, 4.69) is 28.9 Å². The Morgan fingerprint density at radius 1 is 0.853 bits per heavy atom. The smallest absolute Gasteiger partial charge is 0.243 e. The highest BCUT2D eigenvalue weighted by molar-refractivity contribution is 7.89. The molecule has 5 rings (SSSR count). The average molecular weight is 500 g/mol. The molecule has 1 atom stereocenters. The zero-order valence-corrected chi connectivity index (χ0v) is 21.0. The second-order valence-corrected chi connectivity index (χ2v) is 11.4. The molecule has 180 valence electrons. The van der Waals surface area contributed by atoms with Crippen LogP contribution in [0.1, 0.15) is 38.1 Å². The monoisotopic (exact) mass is 499 g/mol. The fraction of sp³-hybridized carbons (Fsp3) is 0.440. The first kappa shape index (κ1) is 23.5. The number of sulfonamides is 1. The molecule has 2 aromatic carbocycles. The van der Waals surface area contributed by atoms with Crippen molar-refractivity contribution in [2.45, 2.75) is 37.1 Å². The zero-order chi connectivity index (χ0) is 23.7. The van der Waals surface area contributed by atoms with Crippen molar-refractivity contribution in [2.75, 3.05) is 44.2 Å². The molecule has 2 saturated heterocycles. The van der Waals surface area contributed by atoms with Gasteiger partial charge >= 0.3 is 0 Å². The molecule has 1 aromatic heterocycles. The lowest BCUT2D eigenvalue weighted by Crippen LogP contribution is -2.49. The maximum atomic E-state index is 13.0. The first-order chi connectivity index (χ1) is 16.4. The third-order valence-corrected chi connectivity index (χ3v) is 9.07. The van der Waals surface area contributed by atoms with Crippen LogP contribution in [-0.2, 0) is 10.0 Å². The fourth-order valence-electron chi connectivity index (χ4n) is 4.86. The summed E-state index contributed by atoms with van der Waals surface area (Å²) in [7, 11) is -3.53. The Labute approximate surface area is 206 Å². The largest absolute Gasteiger partial charge is 0.356 e. The Balaban J connectivity index is 1.35. The summed E-state index contributed by atoms with van der Waals surface area (Å²) >= 11 is 5.93. The van der Waals surface area contributed by atoms with Crippen LogP contribution in [0.4, 0.5) is 5.82 Å². The van der Waals surface area contributed by atoms with Gasteiger partial charge in [-0.3, -0.25) is 4.90 Å². The average Bonchev–Trinajstić information content (AvgIpc) is 2.88. The van der Waals surface area contributed by atoms with Gasteiger partial charge in [0.25, 0.3) is 0 Å². The Hall–Kier alpha value is -2.26. The van der Waals surface area contributed by atoms with Crippen LogP contribution in [0.5, 0.6) is 0 Å². The number of hydrogen-bond acceptors (Lipinski definition) is 6. The van der Waals surface area contributed by atoms with E-state index in [0.717, 1.165) is 35.6 Å². The van der Waals surface area contributed by atoms with E-state index in [9.17, 15) is 8.42 Å². The van der Waals surface area contributed by atoms with Crippen LogP contribution >= 0.6 is 11.6 Å². The van der Waals surface area contributed by atoms with Crippen LogP contribution in [-0.4, -0.2) is 66.9 Å². The number of anilines is 1. The molecule has 2 aliphatic heterocycles. The van der Waals surface area contributed by atoms with Crippen molar-refractivity contribution < 1.29 is 8.42 Å². The summed E-state index contributed by atoms with van der Waals surface area (Å²) in [6, 6.07) is 14.6. The Kier molecular flexibility index (Phi) is 6.75. The van der Waals surface area contributed by atoms with Gasteiger partial charge in [-0.25, -0.2) is 18.4 Å². The summed E-state index contributed by atoms with van der Waals surface area (Å²) < 4.78 is 27.6. The number of halogens is 1. The van der Waals surface area contributed by atoms with Gasteiger partial charge in [0.05, 0.1) is 16.5 Å². The lowest BCUT2D eigenvalue weighted by atomic mass is 10.1.